The van der Waals surface area contributed by atoms with Gasteiger partial charge in [-0.3, -0.25) is 14.9 Å². The summed E-state index contributed by atoms with van der Waals surface area (Å²) in [5.74, 6) is -1.24. The van der Waals surface area contributed by atoms with Crippen molar-refractivity contribution >= 4 is 33.4 Å². The summed E-state index contributed by atoms with van der Waals surface area (Å²) in [4.78, 5) is 18.8. The lowest BCUT2D eigenvalue weighted by Crippen LogP contribution is -2.39. The fourth-order valence-corrected chi connectivity index (χ4v) is 0.0900. The summed E-state index contributed by atoms with van der Waals surface area (Å²) < 4.78 is -2.35. The van der Waals surface area contributed by atoms with Crippen LogP contribution in [0.4, 0.5) is 0 Å². The lowest BCUT2D eigenvalue weighted by atomic mass is 10.6. The SMILES string of the molecule is NC(=O)[C@@](Cl)(Br)[N+](=O)[O-]. The van der Waals surface area contributed by atoms with E-state index in [2.05, 4.69) is 21.7 Å². The van der Waals surface area contributed by atoms with Crippen LogP contribution in [0.3, 0.4) is 0 Å². The average Bonchev–Trinajstić information content (AvgIpc) is 1.65. The Hall–Kier alpha value is -0.360. The molecule has 52 valence electrons. The fourth-order valence-electron chi connectivity index (χ4n) is 0.0900. The van der Waals surface area contributed by atoms with Gasteiger partial charge in [-0.25, -0.2) is 0 Å². The molecule has 7 heteroatoms. The van der Waals surface area contributed by atoms with Gasteiger partial charge in [0.25, 0.3) is 0 Å². The molecule has 0 heterocycles. The summed E-state index contributed by atoms with van der Waals surface area (Å²) in [7, 11) is 0. The highest BCUT2D eigenvalue weighted by molar-refractivity contribution is 9.10. The first-order valence-corrected chi connectivity index (χ1v) is 2.88. The topological polar surface area (TPSA) is 86.2 Å². The van der Waals surface area contributed by atoms with Crippen molar-refractivity contribution in [2.75, 3.05) is 0 Å². The molecule has 0 aliphatic carbocycles. The fraction of sp³-hybridized carbons (Fsp3) is 0.500. The molecule has 9 heavy (non-hydrogen) atoms. The lowest BCUT2D eigenvalue weighted by Gasteiger charge is -2.03. The predicted molar refractivity (Wildman–Crippen MR) is 33.7 cm³/mol. The number of halogens is 2. The molecule has 0 aromatic heterocycles. The van der Waals surface area contributed by atoms with E-state index >= 15 is 0 Å². The van der Waals surface area contributed by atoms with Gasteiger partial charge in [0, 0.05) is 15.9 Å². The minimum absolute atomic E-state index is 1.03. The first-order valence-electron chi connectivity index (χ1n) is 1.71. The number of alkyl halides is 2. The van der Waals surface area contributed by atoms with Crippen LogP contribution in [-0.2, 0) is 4.79 Å². The van der Waals surface area contributed by atoms with Crippen molar-refractivity contribution in [2.45, 2.75) is 3.91 Å². The summed E-state index contributed by atoms with van der Waals surface area (Å²) in [6.07, 6.45) is 0. The van der Waals surface area contributed by atoms with Crippen molar-refractivity contribution in [1.82, 2.24) is 0 Å². The molecule has 0 saturated carbocycles. The van der Waals surface area contributed by atoms with Gasteiger partial charge in [-0.2, -0.15) is 0 Å². The van der Waals surface area contributed by atoms with E-state index in [1.807, 2.05) is 0 Å². The zero-order valence-corrected chi connectivity index (χ0v) is 6.35. The molecule has 0 spiro atoms. The highest BCUT2D eigenvalue weighted by Crippen LogP contribution is 2.22. The normalized spacial score (nSPS) is 16.2. The molecule has 0 radical (unpaired) electrons. The number of nitrogens with two attached hydrogens (primary N) is 1. The van der Waals surface area contributed by atoms with Gasteiger partial charge < -0.3 is 5.73 Å². The summed E-state index contributed by atoms with van der Waals surface area (Å²) in [5.41, 5.74) is 4.51. The van der Waals surface area contributed by atoms with Crippen molar-refractivity contribution in [3.05, 3.63) is 10.1 Å². The van der Waals surface area contributed by atoms with E-state index in [-0.39, 0.29) is 0 Å². The number of nitro groups is 1. The highest BCUT2D eigenvalue weighted by Gasteiger charge is 2.44. The van der Waals surface area contributed by atoms with E-state index in [9.17, 15) is 14.9 Å². The Morgan fingerprint density at radius 3 is 2.22 bits per heavy atom. The number of amides is 1. The van der Waals surface area contributed by atoms with Crippen LogP contribution in [0.25, 0.3) is 0 Å². The summed E-state index contributed by atoms with van der Waals surface area (Å²) in [5, 5.41) is 9.79. The standard InChI is InChI=1S/C2H2BrClN2O3/c3-2(4,1(5)7)6(8)9/h(H2,5,7)/t2-/m0/s1. The van der Waals surface area contributed by atoms with Gasteiger partial charge in [0.2, 0.25) is 0 Å². The average molecular weight is 217 g/mol. The Bertz CT molecular complexity index is 142. The molecule has 0 bridgehead atoms. The van der Waals surface area contributed by atoms with E-state index in [0.717, 1.165) is 0 Å². The zero-order valence-electron chi connectivity index (χ0n) is 4.01. The van der Waals surface area contributed by atoms with Crippen LogP contribution in [0.2, 0.25) is 0 Å². The van der Waals surface area contributed by atoms with Crippen molar-refractivity contribution in [3.8, 4) is 0 Å². The van der Waals surface area contributed by atoms with Crippen molar-refractivity contribution in [1.29, 1.82) is 0 Å². The minimum Gasteiger partial charge on any atom is -0.361 e. The second-order valence-corrected chi connectivity index (χ2v) is 3.31. The number of hydrogen-bond acceptors (Lipinski definition) is 3. The van der Waals surface area contributed by atoms with Crippen LogP contribution in [0, 0.1) is 10.1 Å². The number of hydrogen-bond donors (Lipinski definition) is 1. The Labute approximate surface area is 63.4 Å². The number of primary amides is 1. The molecule has 2 N–H and O–H groups in total. The van der Waals surface area contributed by atoms with E-state index in [0.29, 0.717) is 0 Å². The van der Waals surface area contributed by atoms with Gasteiger partial charge in [-0.05, 0) is 11.6 Å². The summed E-state index contributed by atoms with van der Waals surface area (Å²) >= 11 is 7.25. The molecule has 0 saturated heterocycles. The third-order valence-corrected chi connectivity index (χ3v) is 1.53. The highest BCUT2D eigenvalue weighted by atomic mass is 79.9. The van der Waals surface area contributed by atoms with Crippen molar-refractivity contribution < 1.29 is 9.72 Å². The van der Waals surface area contributed by atoms with Crippen LogP contribution < -0.4 is 5.73 Å². The lowest BCUT2D eigenvalue weighted by molar-refractivity contribution is -0.495. The van der Waals surface area contributed by atoms with E-state index in [1.165, 1.54) is 0 Å². The molecule has 1 atom stereocenters. The van der Waals surface area contributed by atoms with Gasteiger partial charge in [0.1, 0.15) is 0 Å². The molecule has 1 amide bonds. The number of carbonyl (C=O) groups excluding carboxylic acids is 1. The van der Waals surface area contributed by atoms with Gasteiger partial charge >= 0.3 is 9.81 Å². The van der Waals surface area contributed by atoms with E-state index < -0.39 is 14.7 Å². The van der Waals surface area contributed by atoms with Crippen LogP contribution in [0.5, 0.6) is 0 Å². The molecule has 0 rings (SSSR count). The largest absolute Gasteiger partial charge is 0.425 e. The van der Waals surface area contributed by atoms with Gasteiger partial charge in [0.05, 0.1) is 4.92 Å². The maximum absolute atomic E-state index is 10.1. The first-order chi connectivity index (χ1) is 3.89. The third-order valence-electron chi connectivity index (χ3n) is 0.526. The quantitative estimate of drug-likeness (QED) is 0.306. The molecule has 0 aliphatic rings. The van der Waals surface area contributed by atoms with Crippen LogP contribution in [0.15, 0.2) is 0 Å². The maximum atomic E-state index is 10.1. The molecule has 5 nitrogen and oxygen atoms in total. The number of nitrogens with zero attached hydrogens (tertiary/aromatic N) is 1. The number of carbonyl (C=O) groups is 1. The van der Waals surface area contributed by atoms with Gasteiger partial charge in [-0.1, -0.05) is 0 Å². The monoisotopic (exact) mass is 216 g/mol. The number of rotatable bonds is 2. The minimum atomic E-state index is -2.35. The smallest absolute Gasteiger partial charge is 0.361 e. The Morgan fingerprint density at radius 2 is 2.22 bits per heavy atom. The molecule has 0 fully saturated rings. The molecular weight excluding hydrogens is 215 g/mol. The van der Waals surface area contributed by atoms with E-state index in [1.54, 1.807) is 0 Å². The Morgan fingerprint density at radius 1 is 1.89 bits per heavy atom. The van der Waals surface area contributed by atoms with Crippen LogP contribution in [-0.4, -0.2) is 14.7 Å². The van der Waals surface area contributed by atoms with Crippen LogP contribution in [0.1, 0.15) is 0 Å². The first kappa shape index (κ1) is 8.64. The zero-order chi connectivity index (χ0) is 7.65. The molecule has 0 aromatic rings. The van der Waals surface area contributed by atoms with Crippen molar-refractivity contribution in [3.63, 3.8) is 0 Å². The van der Waals surface area contributed by atoms with Crippen molar-refractivity contribution in [2.24, 2.45) is 5.73 Å². The third kappa shape index (κ3) is 1.79. The second-order valence-electron chi connectivity index (χ2n) is 1.16. The molecule has 0 aliphatic heterocycles. The second kappa shape index (κ2) is 2.49. The summed E-state index contributed by atoms with van der Waals surface area (Å²) in [6, 6.07) is 0. The maximum Gasteiger partial charge on any atom is 0.425 e. The molecular formula is C2H2BrClN2O3. The van der Waals surface area contributed by atoms with E-state index in [4.69, 9.17) is 11.6 Å². The van der Waals surface area contributed by atoms with Gasteiger partial charge in [0.15, 0.2) is 0 Å². The predicted octanol–water partition coefficient (Wildman–Crippen LogP) is 0.0359. The molecule has 0 aromatic carbocycles. The Balaban J connectivity index is 4.38. The van der Waals surface area contributed by atoms with Crippen LogP contribution >= 0.6 is 27.5 Å². The molecule has 0 unspecified atom stereocenters. The van der Waals surface area contributed by atoms with Gasteiger partial charge in [-0.15, -0.1) is 0 Å². The Kier molecular flexibility index (Phi) is 2.39. The summed E-state index contributed by atoms with van der Waals surface area (Å²) in [6.45, 7) is 0.